The van der Waals surface area contributed by atoms with E-state index in [0.717, 1.165) is 11.3 Å². The first-order valence-corrected chi connectivity index (χ1v) is 9.38. The summed E-state index contributed by atoms with van der Waals surface area (Å²) in [4.78, 5) is 23.8. The van der Waals surface area contributed by atoms with Gasteiger partial charge in [0.05, 0.1) is 11.4 Å². The van der Waals surface area contributed by atoms with Crippen LogP contribution in [0, 0.1) is 0 Å². The third-order valence-electron chi connectivity index (χ3n) is 3.48. The predicted molar refractivity (Wildman–Crippen MR) is 104 cm³/mol. The molecule has 7 nitrogen and oxygen atoms in total. The summed E-state index contributed by atoms with van der Waals surface area (Å²) in [6.07, 6.45) is 1.54. The van der Waals surface area contributed by atoms with Crippen molar-refractivity contribution in [2.24, 2.45) is 0 Å². The fourth-order valence-corrected chi connectivity index (χ4v) is 3.15. The molecule has 0 aliphatic carbocycles. The van der Waals surface area contributed by atoms with Crippen LogP contribution in [0.3, 0.4) is 0 Å². The number of nitrogens with zero attached hydrogens (tertiary/aromatic N) is 3. The molecule has 3 amide bonds. The maximum Gasteiger partial charge on any atom is 0.321 e. The average molecular weight is 402 g/mol. The molecule has 1 heterocycles. The second kappa shape index (κ2) is 9.20. The molecule has 138 valence electrons. The van der Waals surface area contributed by atoms with Gasteiger partial charge in [0.2, 0.25) is 5.91 Å². The zero-order valence-corrected chi connectivity index (χ0v) is 15.7. The normalized spacial score (nSPS) is 10.4. The average Bonchev–Trinajstić information content (AvgIpc) is 3.14. The van der Waals surface area contributed by atoms with E-state index >= 15 is 0 Å². The Hall–Kier alpha value is -2.84. The third kappa shape index (κ3) is 5.57. The number of hydrogen-bond donors (Lipinski definition) is 2. The monoisotopic (exact) mass is 401 g/mol. The number of imide groups is 1. The Morgan fingerprint density at radius 2 is 1.93 bits per heavy atom. The maximum atomic E-state index is 12.0. The summed E-state index contributed by atoms with van der Waals surface area (Å²) in [6, 6.07) is 16.1. The Labute approximate surface area is 165 Å². The second-order valence-electron chi connectivity index (χ2n) is 5.47. The minimum Gasteiger partial charge on any atom is -0.334 e. The molecule has 0 saturated heterocycles. The van der Waals surface area contributed by atoms with Gasteiger partial charge in [-0.25, -0.2) is 4.79 Å². The number of halogens is 1. The molecule has 0 radical (unpaired) electrons. The summed E-state index contributed by atoms with van der Waals surface area (Å²) in [5.74, 6) is -0.399. The van der Waals surface area contributed by atoms with E-state index in [1.54, 1.807) is 23.0 Å². The first-order valence-electron chi connectivity index (χ1n) is 8.02. The fraction of sp³-hybridized carbons (Fsp3) is 0.111. The summed E-state index contributed by atoms with van der Waals surface area (Å²) < 4.78 is 1.72. The first-order chi connectivity index (χ1) is 13.1. The number of aromatic nitrogens is 3. The van der Waals surface area contributed by atoms with Crippen LogP contribution in [0.25, 0.3) is 5.69 Å². The van der Waals surface area contributed by atoms with Crippen LogP contribution >= 0.6 is 23.4 Å². The van der Waals surface area contributed by atoms with Gasteiger partial charge in [-0.05, 0) is 23.8 Å². The van der Waals surface area contributed by atoms with Crippen LogP contribution in [0.15, 0.2) is 66.1 Å². The van der Waals surface area contributed by atoms with Crippen LogP contribution in [0.5, 0.6) is 0 Å². The number of carbonyl (C=O) groups excluding carboxylic acids is 2. The fourth-order valence-electron chi connectivity index (χ4n) is 2.24. The van der Waals surface area contributed by atoms with Gasteiger partial charge in [-0.15, -0.1) is 10.2 Å². The zero-order valence-electron chi connectivity index (χ0n) is 14.1. The van der Waals surface area contributed by atoms with Crippen molar-refractivity contribution in [3.05, 3.63) is 71.5 Å². The standard InChI is InChI=1S/C18H16ClN5O2S/c19-14-7-4-8-15(9-14)24-12-21-23-18(24)27-11-16(25)22-17(26)20-10-13-5-2-1-3-6-13/h1-9,12H,10-11H2,(H2,20,22,25,26). The van der Waals surface area contributed by atoms with E-state index in [-0.39, 0.29) is 5.75 Å². The summed E-state index contributed by atoms with van der Waals surface area (Å²) in [7, 11) is 0. The number of thioether (sulfide) groups is 1. The maximum absolute atomic E-state index is 12.0. The van der Waals surface area contributed by atoms with E-state index in [4.69, 9.17) is 11.6 Å². The molecule has 2 N–H and O–H groups in total. The lowest BCUT2D eigenvalue weighted by atomic mass is 10.2. The molecule has 27 heavy (non-hydrogen) atoms. The molecule has 2 aromatic carbocycles. The van der Waals surface area contributed by atoms with Crippen LogP contribution < -0.4 is 10.6 Å². The van der Waals surface area contributed by atoms with Gasteiger partial charge in [-0.3, -0.25) is 14.7 Å². The Morgan fingerprint density at radius 1 is 1.11 bits per heavy atom. The minimum absolute atomic E-state index is 0.0258. The number of hydrogen-bond acceptors (Lipinski definition) is 5. The first kappa shape index (κ1) is 18.9. The Kier molecular flexibility index (Phi) is 6.45. The lowest BCUT2D eigenvalue weighted by Crippen LogP contribution is -2.39. The molecule has 0 spiro atoms. The zero-order chi connectivity index (χ0) is 19.1. The molecule has 1 aromatic heterocycles. The molecule has 0 unspecified atom stereocenters. The highest BCUT2D eigenvalue weighted by atomic mass is 35.5. The van der Waals surface area contributed by atoms with Crippen molar-refractivity contribution < 1.29 is 9.59 Å². The molecular weight excluding hydrogens is 386 g/mol. The molecule has 0 saturated carbocycles. The molecule has 0 atom stereocenters. The number of amides is 3. The van der Waals surface area contributed by atoms with Gasteiger partial charge < -0.3 is 5.32 Å². The number of rotatable bonds is 6. The highest BCUT2D eigenvalue weighted by Crippen LogP contribution is 2.21. The van der Waals surface area contributed by atoms with E-state index in [1.807, 2.05) is 42.5 Å². The van der Waals surface area contributed by atoms with Crippen LogP contribution in [-0.4, -0.2) is 32.5 Å². The smallest absolute Gasteiger partial charge is 0.321 e. The molecule has 0 aliphatic rings. The Bertz CT molecular complexity index is 932. The van der Waals surface area contributed by atoms with Gasteiger partial charge in [-0.2, -0.15) is 0 Å². The number of urea groups is 1. The molecule has 0 aliphatic heterocycles. The Morgan fingerprint density at radius 3 is 2.70 bits per heavy atom. The molecule has 0 bridgehead atoms. The van der Waals surface area contributed by atoms with Crippen molar-refractivity contribution >= 4 is 35.3 Å². The Balaban J connectivity index is 1.50. The van der Waals surface area contributed by atoms with E-state index in [0.29, 0.717) is 16.7 Å². The molecule has 9 heteroatoms. The highest BCUT2D eigenvalue weighted by molar-refractivity contribution is 7.99. The van der Waals surface area contributed by atoms with Gasteiger partial charge in [0, 0.05) is 11.6 Å². The SMILES string of the molecule is O=C(CSc1nncn1-c1cccc(Cl)c1)NC(=O)NCc1ccccc1. The van der Waals surface area contributed by atoms with Crippen LogP contribution in [-0.2, 0) is 11.3 Å². The van der Waals surface area contributed by atoms with Crippen LogP contribution in [0.1, 0.15) is 5.56 Å². The van der Waals surface area contributed by atoms with Gasteiger partial charge >= 0.3 is 6.03 Å². The number of carbonyl (C=O) groups is 2. The minimum atomic E-state index is -0.541. The van der Waals surface area contributed by atoms with Crippen LogP contribution in [0.2, 0.25) is 5.02 Å². The quantitative estimate of drug-likeness (QED) is 0.620. The summed E-state index contributed by atoms with van der Waals surface area (Å²) in [6.45, 7) is 0.343. The summed E-state index contributed by atoms with van der Waals surface area (Å²) >= 11 is 7.18. The number of nitrogens with one attached hydrogen (secondary N) is 2. The molecule has 3 rings (SSSR count). The van der Waals surface area contributed by atoms with Gasteiger partial charge in [0.25, 0.3) is 0 Å². The largest absolute Gasteiger partial charge is 0.334 e. The molecule has 0 fully saturated rings. The second-order valence-corrected chi connectivity index (χ2v) is 6.85. The van der Waals surface area contributed by atoms with Crippen molar-refractivity contribution in [3.8, 4) is 5.69 Å². The van der Waals surface area contributed by atoms with E-state index < -0.39 is 11.9 Å². The van der Waals surface area contributed by atoms with Crippen molar-refractivity contribution in [2.75, 3.05) is 5.75 Å². The third-order valence-corrected chi connectivity index (χ3v) is 4.66. The topological polar surface area (TPSA) is 88.9 Å². The van der Waals surface area contributed by atoms with Crippen LogP contribution in [0.4, 0.5) is 4.79 Å². The van der Waals surface area contributed by atoms with Crippen molar-refractivity contribution in [1.29, 1.82) is 0 Å². The summed E-state index contributed by atoms with van der Waals surface area (Å²) in [5.41, 5.74) is 1.74. The lowest BCUT2D eigenvalue weighted by molar-refractivity contribution is -0.117. The lowest BCUT2D eigenvalue weighted by Gasteiger charge is -2.08. The van der Waals surface area contributed by atoms with Crippen molar-refractivity contribution in [3.63, 3.8) is 0 Å². The number of benzene rings is 2. The van der Waals surface area contributed by atoms with Crippen molar-refractivity contribution in [2.45, 2.75) is 11.7 Å². The van der Waals surface area contributed by atoms with E-state index in [2.05, 4.69) is 20.8 Å². The molecular formula is C18H16ClN5O2S. The molecule has 3 aromatic rings. The van der Waals surface area contributed by atoms with Gasteiger partial charge in [0.1, 0.15) is 6.33 Å². The van der Waals surface area contributed by atoms with Gasteiger partial charge in [0.15, 0.2) is 5.16 Å². The highest BCUT2D eigenvalue weighted by Gasteiger charge is 2.12. The van der Waals surface area contributed by atoms with E-state index in [1.165, 1.54) is 11.8 Å². The van der Waals surface area contributed by atoms with E-state index in [9.17, 15) is 9.59 Å². The van der Waals surface area contributed by atoms with Crippen molar-refractivity contribution in [1.82, 2.24) is 25.4 Å². The predicted octanol–water partition coefficient (Wildman–Crippen LogP) is 3.04. The summed E-state index contributed by atoms with van der Waals surface area (Å²) in [5, 5.41) is 13.9. The van der Waals surface area contributed by atoms with Gasteiger partial charge in [-0.1, -0.05) is 59.8 Å².